The van der Waals surface area contributed by atoms with Gasteiger partial charge in [0.2, 0.25) is 5.95 Å². The number of piperazine rings is 1. The van der Waals surface area contributed by atoms with Crippen LogP contribution in [-0.4, -0.2) is 70.5 Å². The van der Waals surface area contributed by atoms with Gasteiger partial charge in [-0.3, -0.25) is 9.88 Å². The van der Waals surface area contributed by atoms with Crippen LogP contribution in [0.1, 0.15) is 11.3 Å². The van der Waals surface area contributed by atoms with Crippen LogP contribution in [0.15, 0.2) is 47.8 Å². The van der Waals surface area contributed by atoms with Crippen LogP contribution in [0.4, 0.5) is 16.2 Å². The van der Waals surface area contributed by atoms with E-state index >= 15 is 0 Å². The molecule has 1 aliphatic rings. The van der Waals surface area contributed by atoms with Gasteiger partial charge in [-0.25, -0.2) is 14.8 Å². The van der Waals surface area contributed by atoms with Gasteiger partial charge in [-0.15, -0.1) is 0 Å². The summed E-state index contributed by atoms with van der Waals surface area (Å²) in [5, 5.41) is 13.9. The molecule has 10 heteroatoms. The summed E-state index contributed by atoms with van der Waals surface area (Å²) < 4.78 is 14.4. The zero-order valence-electron chi connectivity index (χ0n) is 18.2. The molecule has 0 spiro atoms. The normalized spacial score (nSPS) is 14.7. The van der Waals surface area contributed by atoms with E-state index in [1.54, 1.807) is 12.4 Å². The van der Waals surface area contributed by atoms with Crippen LogP contribution in [0.3, 0.4) is 0 Å². The standard InChI is InChI=1S/C23H25ClFN7O/c1-16-3-2-4-19(24)21(16)17-5-6-26-18(13-17)14-28-30-23-27-15-20(25)22(29-23)32-9-7-31(8-10-32)11-12-33/h2-6,13-15,33H,7-12H2,1H3,(H,27,29,30)/b28-14+. The topological polar surface area (TPSA) is 89.8 Å². The lowest BCUT2D eigenvalue weighted by Crippen LogP contribution is -2.47. The fraction of sp³-hybridized carbons (Fsp3) is 0.304. The second kappa shape index (κ2) is 10.7. The van der Waals surface area contributed by atoms with Crippen molar-refractivity contribution in [2.75, 3.05) is 49.7 Å². The smallest absolute Gasteiger partial charge is 0.245 e. The van der Waals surface area contributed by atoms with Gasteiger partial charge >= 0.3 is 0 Å². The minimum Gasteiger partial charge on any atom is -0.395 e. The van der Waals surface area contributed by atoms with Gasteiger partial charge in [0.1, 0.15) is 0 Å². The van der Waals surface area contributed by atoms with Gasteiger partial charge in [-0.1, -0.05) is 23.7 Å². The van der Waals surface area contributed by atoms with Crippen molar-refractivity contribution in [3.8, 4) is 11.1 Å². The molecule has 0 bridgehead atoms. The lowest BCUT2D eigenvalue weighted by Gasteiger charge is -2.35. The number of aryl methyl sites for hydroxylation is 1. The molecular formula is C23H25ClFN7O. The molecule has 0 saturated carbocycles. The Hall–Kier alpha value is -3.14. The average molecular weight is 470 g/mol. The van der Waals surface area contributed by atoms with Crippen molar-refractivity contribution in [2.24, 2.45) is 5.10 Å². The number of hydrogen-bond acceptors (Lipinski definition) is 8. The molecule has 0 atom stereocenters. The number of rotatable bonds is 7. The summed E-state index contributed by atoms with van der Waals surface area (Å²) in [5.74, 6) is -0.0520. The summed E-state index contributed by atoms with van der Waals surface area (Å²) in [7, 11) is 0. The molecule has 3 heterocycles. The van der Waals surface area contributed by atoms with E-state index in [0.717, 1.165) is 36.0 Å². The number of anilines is 2. The Bertz CT molecular complexity index is 1120. The summed E-state index contributed by atoms with van der Waals surface area (Å²) in [5.41, 5.74) is 6.34. The molecule has 0 radical (unpaired) electrons. The number of β-amino-alcohol motifs (C(OH)–C–C–N with tert-alkyl or cyclic N) is 1. The van der Waals surface area contributed by atoms with Crippen LogP contribution < -0.4 is 10.3 Å². The first-order valence-corrected chi connectivity index (χ1v) is 11.0. The molecule has 1 aliphatic heterocycles. The largest absolute Gasteiger partial charge is 0.395 e. The SMILES string of the molecule is Cc1cccc(Cl)c1-c1ccnc(/C=N/Nc2ncc(F)c(N3CCN(CCO)CC3)n2)c1. The highest BCUT2D eigenvalue weighted by Crippen LogP contribution is 2.30. The van der Waals surface area contributed by atoms with Gasteiger partial charge in [-0.2, -0.15) is 10.1 Å². The Morgan fingerprint density at radius 1 is 1.21 bits per heavy atom. The summed E-state index contributed by atoms with van der Waals surface area (Å²) in [6.45, 7) is 5.45. The Morgan fingerprint density at radius 2 is 2.03 bits per heavy atom. The Kier molecular flexibility index (Phi) is 7.43. The zero-order valence-corrected chi connectivity index (χ0v) is 19.0. The highest BCUT2D eigenvalue weighted by atomic mass is 35.5. The minimum atomic E-state index is -0.482. The number of nitrogens with one attached hydrogen (secondary N) is 1. The van der Waals surface area contributed by atoms with Crippen molar-refractivity contribution < 1.29 is 9.50 Å². The van der Waals surface area contributed by atoms with E-state index in [1.807, 2.05) is 42.2 Å². The Labute approximate surface area is 196 Å². The number of pyridine rings is 1. The summed E-state index contributed by atoms with van der Waals surface area (Å²) in [6, 6.07) is 9.57. The Morgan fingerprint density at radius 3 is 2.79 bits per heavy atom. The second-order valence-corrected chi connectivity index (χ2v) is 8.10. The summed E-state index contributed by atoms with van der Waals surface area (Å²) in [4.78, 5) is 16.6. The van der Waals surface area contributed by atoms with Gasteiger partial charge in [-0.05, 0) is 36.2 Å². The Balaban J connectivity index is 1.45. The van der Waals surface area contributed by atoms with Crippen LogP contribution in [0.5, 0.6) is 0 Å². The van der Waals surface area contributed by atoms with Crippen LogP contribution in [0, 0.1) is 12.7 Å². The van der Waals surface area contributed by atoms with E-state index in [2.05, 4.69) is 30.4 Å². The number of aliphatic hydroxyl groups is 1. The maximum absolute atomic E-state index is 14.4. The maximum atomic E-state index is 14.4. The van der Waals surface area contributed by atoms with Crippen LogP contribution >= 0.6 is 11.6 Å². The number of aromatic nitrogens is 3. The molecule has 1 fully saturated rings. The number of benzene rings is 1. The third-order valence-corrected chi connectivity index (χ3v) is 5.78. The van der Waals surface area contributed by atoms with Gasteiger partial charge in [0.15, 0.2) is 11.6 Å². The summed E-state index contributed by atoms with van der Waals surface area (Å²) >= 11 is 6.38. The van der Waals surface area contributed by atoms with E-state index in [0.29, 0.717) is 30.4 Å². The molecule has 172 valence electrons. The third-order valence-electron chi connectivity index (χ3n) is 5.47. The van der Waals surface area contributed by atoms with E-state index < -0.39 is 5.82 Å². The first-order chi connectivity index (χ1) is 16.0. The highest BCUT2D eigenvalue weighted by molar-refractivity contribution is 6.33. The zero-order chi connectivity index (χ0) is 23.2. The number of hydrazone groups is 1. The molecule has 2 N–H and O–H groups in total. The van der Waals surface area contributed by atoms with E-state index in [4.69, 9.17) is 16.7 Å². The van der Waals surface area contributed by atoms with Gasteiger partial charge in [0, 0.05) is 49.5 Å². The number of hydrogen-bond donors (Lipinski definition) is 2. The van der Waals surface area contributed by atoms with Crippen LogP contribution in [0.2, 0.25) is 5.02 Å². The van der Waals surface area contributed by atoms with Crippen molar-refractivity contribution in [1.82, 2.24) is 19.9 Å². The minimum absolute atomic E-state index is 0.115. The van der Waals surface area contributed by atoms with Crippen molar-refractivity contribution >= 4 is 29.6 Å². The predicted molar refractivity (Wildman–Crippen MR) is 128 cm³/mol. The number of halogens is 2. The maximum Gasteiger partial charge on any atom is 0.245 e. The molecule has 0 amide bonds. The average Bonchev–Trinajstić information content (AvgIpc) is 2.81. The van der Waals surface area contributed by atoms with Crippen molar-refractivity contribution in [3.63, 3.8) is 0 Å². The van der Waals surface area contributed by atoms with Crippen LogP contribution in [0.25, 0.3) is 11.1 Å². The van der Waals surface area contributed by atoms with E-state index in [1.165, 1.54) is 0 Å². The second-order valence-electron chi connectivity index (χ2n) is 7.69. The number of aliphatic hydroxyl groups excluding tert-OH is 1. The first-order valence-electron chi connectivity index (χ1n) is 10.7. The first kappa shape index (κ1) is 23.0. The lowest BCUT2D eigenvalue weighted by atomic mass is 10.0. The quantitative estimate of drug-likeness (QED) is 0.405. The van der Waals surface area contributed by atoms with Gasteiger partial charge < -0.3 is 10.0 Å². The van der Waals surface area contributed by atoms with E-state index in [-0.39, 0.29) is 18.4 Å². The molecule has 4 rings (SSSR count). The molecule has 1 aromatic carbocycles. The molecule has 0 aliphatic carbocycles. The van der Waals surface area contributed by atoms with Crippen molar-refractivity contribution in [1.29, 1.82) is 0 Å². The molecule has 2 aromatic heterocycles. The molecule has 8 nitrogen and oxygen atoms in total. The van der Waals surface area contributed by atoms with Gasteiger partial charge in [0.25, 0.3) is 0 Å². The van der Waals surface area contributed by atoms with Crippen molar-refractivity contribution in [2.45, 2.75) is 6.92 Å². The monoisotopic (exact) mass is 469 g/mol. The van der Waals surface area contributed by atoms with Crippen molar-refractivity contribution in [3.05, 3.63) is 64.8 Å². The molecular weight excluding hydrogens is 445 g/mol. The molecule has 3 aromatic rings. The fourth-order valence-corrected chi connectivity index (χ4v) is 4.12. The predicted octanol–water partition coefficient (Wildman–Crippen LogP) is 3.20. The van der Waals surface area contributed by atoms with E-state index in [9.17, 15) is 4.39 Å². The molecule has 0 unspecified atom stereocenters. The van der Waals surface area contributed by atoms with Gasteiger partial charge in [0.05, 0.1) is 24.7 Å². The fourth-order valence-electron chi connectivity index (χ4n) is 3.79. The highest BCUT2D eigenvalue weighted by Gasteiger charge is 2.21. The molecule has 33 heavy (non-hydrogen) atoms. The summed E-state index contributed by atoms with van der Waals surface area (Å²) in [6.07, 6.45) is 4.39. The third kappa shape index (κ3) is 5.62. The molecule has 1 saturated heterocycles. The van der Waals surface area contributed by atoms with Crippen LogP contribution in [-0.2, 0) is 0 Å². The number of nitrogens with zero attached hydrogens (tertiary/aromatic N) is 6. The lowest BCUT2D eigenvalue weighted by molar-refractivity contribution is 0.188.